The van der Waals surface area contributed by atoms with Gasteiger partial charge in [0.1, 0.15) is 10.8 Å². The van der Waals surface area contributed by atoms with Gasteiger partial charge >= 0.3 is 5.69 Å². The summed E-state index contributed by atoms with van der Waals surface area (Å²) in [7, 11) is 0. The first-order valence-electron chi connectivity index (χ1n) is 7.08. The molecule has 1 aromatic carbocycles. The van der Waals surface area contributed by atoms with Gasteiger partial charge in [0, 0.05) is 17.2 Å². The van der Waals surface area contributed by atoms with Gasteiger partial charge in [0.15, 0.2) is 5.75 Å². The van der Waals surface area contributed by atoms with E-state index in [1.807, 2.05) is 0 Å². The molecule has 0 aliphatic rings. The average molecular weight is 413 g/mol. The van der Waals surface area contributed by atoms with Crippen molar-refractivity contribution in [3.63, 3.8) is 0 Å². The van der Waals surface area contributed by atoms with E-state index in [1.54, 1.807) is 13.8 Å². The fraction of sp³-hybridized carbons (Fsp3) is 0.133. The average Bonchev–Trinajstić information content (AvgIpc) is 3.04. The van der Waals surface area contributed by atoms with Crippen LogP contribution in [0.25, 0.3) is 21.7 Å². The van der Waals surface area contributed by atoms with Crippen LogP contribution in [0.1, 0.15) is 11.3 Å². The van der Waals surface area contributed by atoms with E-state index >= 15 is 0 Å². The molecule has 0 spiro atoms. The first-order valence-corrected chi connectivity index (χ1v) is 8.61. The van der Waals surface area contributed by atoms with Gasteiger partial charge in [0.25, 0.3) is 0 Å². The maximum Gasteiger partial charge on any atom is 0.315 e. The number of hydrogen-bond acceptors (Lipinski definition) is 8. The lowest BCUT2D eigenvalue weighted by atomic mass is 10.0. The number of hydrogen-bond donors (Lipinski definition) is 2. The number of rotatable bonds is 3. The molecule has 0 aliphatic carbocycles. The number of pyridine rings is 1. The van der Waals surface area contributed by atoms with E-state index in [0.717, 1.165) is 23.7 Å². The Labute approximate surface area is 161 Å². The van der Waals surface area contributed by atoms with Crippen LogP contribution in [0.4, 0.5) is 5.69 Å². The molecule has 3 aromatic rings. The van der Waals surface area contributed by atoms with Gasteiger partial charge in [-0.15, -0.1) is 5.10 Å². The quantitative estimate of drug-likeness (QED) is 0.280. The summed E-state index contributed by atoms with van der Waals surface area (Å²) in [6.45, 7) is 3.48. The highest BCUT2D eigenvalue weighted by Crippen LogP contribution is 2.44. The molecule has 2 aromatic heterocycles. The fourth-order valence-corrected chi connectivity index (χ4v) is 3.82. The number of benzene rings is 1. The number of phenols is 2. The summed E-state index contributed by atoms with van der Waals surface area (Å²) in [5, 5.41) is 35.2. The highest BCUT2D eigenvalue weighted by Gasteiger charge is 2.25. The Morgan fingerprint density at radius 1 is 1.23 bits per heavy atom. The second-order valence-corrected chi connectivity index (χ2v) is 6.86. The van der Waals surface area contributed by atoms with Gasteiger partial charge in [0.2, 0.25) is 5.75 Å². The zero-order chi connectivity index (χ0) is 19.2. The van der Waals surface area contributed by atoms with Crippen molar-refractivity contribution in [2.24, 2.45) is 0 Å². The molecule has 2 heterocycles. The molecule has 3 rings (SSSR count). The molecule has 0 fully saturated rings. The van der Waals surface area contributed by atoms with Gasteiger partial charge in [0.05, 0.1) is 20.5 Å². The Morgan fingerprint density at radius 3 is 2.58 bits per heavy atom. The molecule has 0 aliphatic heterocycles. The van der Waals surface area contributed by atoms with E-state index in [0.29, 0.717) is 26.7 Å². The lowest BCUT2D eigenvalue weighted by Crippen LogP contribution is -1.95. The van der Waals surface area contributed by atoms with Crippen molar-refractivity contribution in [1.82, 2.24) is 14.6 Å². The number of aromatic hydroxyl groups is 2. The molecule has 0 atom stereocenters. The van der Waals surface area contributed by atoms with Gasteiger partial charge in [-0.05, 0) is 37.0 Å². The molecular formula is C15H10Cl2N4O4S. The number of nitro groups is 1. The second kappa shape index (κ2) is 6.67. The number of halogens is 2. The fourth-order valence-electron chi connectivity index (χ4n) is 2.48. The van der Waals surface area contributed by atoms with Gasteiger partial charge in [-0.25, -0.2) is 4.98 Å². The summed E-state index contributed by atoms with van der Waals surface area (Å²) >= 11 is 13.5. The molecule has 2 N–H and O–H groups in total. The lowest BCUT2D eigenvalue weighted by molar-refractivity contribution is -0.385. The molecule has 0 saturated heterocycles. The molecule has 0 saturated carbocycles. The maximum atomic E-state index is 11.1. The molecule has 8 nitrogen and oxygen atoms in total. The highest BCUT2D eigenvalue weighted by molar-refractivity contribution is 7.10. The van der Waals surface area contributed by atoms with E-state index in [9.17, 15) is 20.3 Å². The van der Waals surface area contributed by atoms with Crippen LogP contribution in [0.2, 0.25) is 10.2 Å². The number of nitrogens with zero attached hydrogens (tertiary/aromatic N) is 4. The van der Waals surface area contributed by atoms with Crippen LogP contribution < -0.4 is 0 Å². The highest BCUT2D eigenvalue weighted by atomic mass is 35.5. The predicted molar refractivity (Wildman–Crippen MR) is 98.1 cm³/mol. The minimum absolute atomic E-state index is 0.189. The Balaban J connectivity index is 2.27. The first-order chi connectivity index (χ1) is 12.2. The van der Waals surface area contributed by atoms with E-state index in [2.05, 4.69) is 14.6 Å². The van der Waals surface area contributed by atoms with E-state index in [1.165, 1.54) is 0 Å². The summed E-state index contributed by atoms with van der Waals surface area (Å²) in [6, 6.07) is 2.26. The Morgan fingerprint density at radius 2 is 1.92 bits per heavy atom. The van der Waals surface area contributed by atoms with Crippen LogP contribution in [-0.2, 0) is 0 Å². The Bertz CT molecular complexity index is 1050. The third-order valence-corrected chi connectivity index (χ3v) is 5.32. The van der Waals surface area contributed by atoms with Crippen molar-refractivity contribution >= 4 is 40.4 Å². The number of nitro benzene ring substituents is 1. The third-order valence-electron chi connectivity index (χ3n) is 3.75. The zero-order valence-electron chi connectivity index (χ0n) is 13.3. The third kappa shape index (κ3) is 2.94. The minimum atomic E-state index is -0.822. The summed E-state index contributed by atoms with van der Waals surface area (Å²) < 4.78 is 3.88. The summed E-state index contributed by atoms with van der Waals surface area (Å²) in [5.74, 6) is -1.46. The molecule has 0 amide bonds. The monoisotopic (exact) mass is 412 g/mol. The predicted octanol–water partition coefficient (Wildman–Crippen LogP) is 4.51. The molecule has 0 bridgehead atoms. The van der Waals surface area contributed by atoms with Crippen LogP contribution in [0, 0.1) is 24.0 Å². The van der Waals surface area contributed by atoms with Crippen molar-refractivity contribution in [3.05, 3.63) is 43.7 Å². The largest absolute Gasteiger partial charge is 0.504 e. The number of aryl methyl sites for hydroxylation is 1. The molecule has 0 unspecified atom stereocenters. The first kappa shape index (κ1) is 18.3. The summed E-state index contributed by atoms with van der Waals surface area (Å²) in [6.07, 6.45) is 0. The molecular weight excluding hydrogens is 403 g/mol. The Kier molecular flexibility index (Phi) is 4.70. The van der Waals surface area contributed by atoms with E-state index < -0.39 is 22.1 Å². The van der Waals surface area contributed by atoms with Crippen molar-refractivity contribution in [3.8, 4) is 33.2 Å². The van der Waals surface area contributed by atoms with E-state index in [-0.39, 0.29) is 16.4 Å². The van der Waals surface area contributed by atoms with Crippen LogP contribution >= 0.6 is 34.7 Å². The zero-order valence-corrected chi connectivity index (χ0v) is 15.6. The SMILES string of the molecule is Cc1nc(Cl)c(-c2snnc2-c2cc(O)c(O)c([N+](=O)[O-])c2)c(C)c1Cl. The molecule has 26 heavy (non-hydrogen) atoms. The summed E-state index contributed by atoms with van der Waals surface area (Å²) in [4.78, 5) is 15.0. The van der Waals surface area contributed by atoms with Gasteiger partial charge in [-0.3, -0.25) is 10.1 Å². The van der Waals surface area contributed by atoms with E-state index in [4.69, 9.17) is 23.2 Å². The van der Waals surface area contributed by atoms with Crippen LogP contribution in [0.3, 0.4) is 0 Å². The minimum Gasteiger partial charge on any atom is -0.504 e. The molecule has 11 heteroatoms. The standard InChI is InChI=1S/C15H10Cl2N4O4S/c1-5-10(15(17)18-6(2)11(5)16)14-12(19-20-26-14)7-3-8(21(24)25)13(23)9(22)4-7/h3-4,22-23H,1-2H3. The number of phenolic OH excluding ortho intramolecular Hbond substituents is 2. The van der Waals surface area contributed by atoms with Crippen LogP contribution in [0.5, 0.6) is 11.5 Å². The lowest BCUT2D eigenvalue weighted by Gasteiger charge is -2.11. The molecule has 134 valence electrons. The van der Waals surface area contributed by atoms with Gasteiger partial charge < -0.3 is 10.2 Å². The number of aromatic nitrogens is 3. The second-order valence-electron chi connectivity index (χ2n) is 5.37. The van der Waals surface area contributed by atoms with Crippen LogP contribution in [0.15, 0.2) is 12.1 Å². The van der Waals surface area contributed by atoms with Crippen molar-refractivity contribution in [1.29, 1.82) is 0 Å². The Hall–Kier alpha value is -2.49. The molecule has 0 radical (unpaired) electrons. The normalized spacial score (nSPS) is 10.9. The van der Waals surface area contributed by atoms with Gasteiger partial charge in [-0.2, -0.15) is 0 Å². The van der Waals surface area contributed by atoms with Gasteiger partial charge in [-0.1, -0.05) is 27.7 Å². The topological polar surface area (TPSA) is 122 Å². The van der Waals surface area contributed by atoms with Crippen molar-refractivity contribution in [2.45, 2.75) is 13.8 Å². The maximum absolute atomic E-state index is 11.1. The summed E-state index contributed by atoms with van der Waals surface area (Å²) in [5.41, 5.74) is 1.52. The van der Waals surface area contributed by atoms with Crippen LogP contribution in [-0.4, -0.2) is 29.7 Å². The van der Waals surface area contributed by atoms with Crippen molar-refractivity contribution in [2.75, 3.05) is 0 Å². The smallest absolute Gasteiger partial charge is 0.315 e. The van der Waals surface area contributed by atoms with Crippen molar-refractivity contribution < 1.29 is 15.1 Å².